The van der Waals surface area contributed by atoms with Crippen molar-refractivity contribution in [2.45, 2.75) is 13.5 Å². The van der Waals surface area contributed by atoms with Crippen molar-refractivity contribution in [3.05, 3.63) is 47.8 Å². The summed E-state index contributed by atoms with van der Waals surface area (Å²) in [7, 11) is 1.31. The van der Waals surface area contributed by atoms with Crippen LogP contribution in [0.5, 0.6) is 11.5 Å². The molecular weight excluding hydrogens is 294 g/mol. The van der Waals surface area contributed by atoms with Crippen molar-refractivity contribution < 1.29 is 23.0 Å². The molecule has 1 heterocycles. The van der Waals surface area contributed by atoms with E-state index in [0.717, 1.165) is 5.56 Å². The molecule has 116 valence electrons. The van der Waals surface area contributed by atoms with E-state index < -0.39 is 12.5 Å². The van der Waals surface area contributed by atoms with Crippen LogP contribution in [0.25, 0.3) is 0 Å². The number of nitrogens with zero attached hydrogens (tertiary/aromatic N) is 1. The predicted octanol–water partition coefficient (Wildman–Crippen LogP) is 3.25. The molecule has 0 bridgehead atoms. The number of aromatic nitrogens is 1. The van der Waals surface area contributed by atoms with Crippen molar-refractivity contribution in [1.29, 1.82) is 0 Å². The zero-order valence-corrected chi connectivity index (χ0v) is 12.0. The SMILES string of the molecule is COc1cc(C(=O)Nc2cnccc2C)ccc1OC(F)F. The summed E-state index contributed by atoms with van der Waals surface area (Å²) in [6.07, 6.45) is 3.14. The minimum absolute atomic E-state index is 0.0517. The summed E-state index contributed by atoms with van der Waals surface area (Å²) in [4.78, 5) is 16.1. The second kappa shape index (κ2) is 6.84. The van der Waals surface area contributed by atoms with E-state index in [1.54, 1.807) is 12.3 Å². The lowest BCUT2D eigenvalue weighted by molar-refractivity contribution is -0.0512. The van der Waals surface area contributed by atoms with Gasteiger partial charge in [-0.15, -0.1) is 0 Å². The maximum atomic E-state index is 12.3. The number of anilines is 1. The van der Waals surface area contributed by atoms with Crippen LogP contribution in [0.15, 0.2) is 36.7 Å². The molecule has 22 heavy (non-hydrogen) atoms. The van der Waals surface area contributed by atoms with Crippen LogP contribution in [0.2, 0.25) is 0 Å². The smallest absolute Gasteiger partial charge is 0.387 e. The third kappa shape index (κ3) is 3.69. The summed E-state index contributed by atoms with van der Waals surface area (Å²) in [6, 6.07) is 5.73. The van der Waals surface area contributed by atoms with Gasteiger partial charge in [-0.1, -0.05) is 0 Å². The molecule has 0 aliphatic rings. The first-order valence-electron chi connectivity index (χ1n) is 6.36. The number of pyridine rings is 1. The summed E-state index contributed by atoms with van der Waals surface area (Å²) in [6.45, 7) is -1.14. The van der Waals surface area contributed by atoms with Gasteiger partial charge in [0.05, 0.1) is 19.0 Å². The Morgan fingerprint density at radius 3 is 2.68 bits per heavy atom. The van der Waals surface area contributed by atoms with Crippen molar-refractivity contribution in [1.82, 2.24) is 4.98 Å². The highest BCUT2D eigenvalue weighted by Gasteiger charge is 2.14. The second-order valence-electron chi connectivity index (χ2n) is 4.39. The predicted molar refractivity (Wildman–Crippen MR) is 76.6 cm³/mol. The molecule has 0 saturated heterocycles. The minimum atomic E-state index is -2.97. The molecule has 0 spiro atoms. The Balaban J connectivity index is 2.21. The number of benzene rings is 1. The van der Waals surface area contributed by atoms with Gasteiger partial charge < -0.3 is 14.8 Å². The normalized spacial score (nSPS) is 10.4. The summed E-state index contributed by atoms with van der Waals surface area (Å²) in [5, 5.41) is 2.69. The zero-order chi connectivity index (χ0) is 16.1. The van der Waals surface area contributed by atoms with Gasteiger partial charge in [-0.2, -0.15) is 8.78 Å². The number of hydrogen-bond donors (Lipinski definition) is 1. The monoisotopic (exact) mass is 308 g/mol. The van der Waals surface area contributed by atoms with Crippen LogP contribution in [-0.4, -0.2) is 24.6 Å². The molecule has 1 amide bonds. The fraction of sp³-hybridized carbons (Fsp3) is 0.200. The van der Waals surface area contributed by atoms with E-state index in [9.17, 15) is 13.6 Å². The quantitative estimate of drug-likeness (QED) is 0.921. The maximum absolute atomic E-state index is 12.3. The van der Waals surface area contributed by atoms with Gasteiger partial charge in [0.2, 0.25) is 0 Å². The fourth-order valence-corrected chi connectivity index (χ4v) is 1.79. The molecule has 0 saturated carbocycles. The summed E-state index contributed by atoms with van der Waals surface area (Å²) >= 11 is 0. The molecule has 1 N–H and O–H groups in total. The van der Waals surface area contributed by atoms with E-state index in [-0.39, 0.29) is 17.1 Å². The van der Waals surface area contributed by atoms with Crippen molar-refractivity contribution >= 4 is 11.6 Å². The van der Waals surface area contributed by atoms with Gasteiger partial charge in [-0.25, -0.2) is 0 Å². The maximum Gasteiger partial charge on any atom is 0.387 e. The van der Waals surface area contributed by atoms with Crippen molar-refractivity contribution in [3.8, 4) is 11.5 Å². The highest BCUT2D eigenvalue weighted by molar-refractivity contribution is 6.04. The molecule has 5 nitrogen and oxygen atoms in total. The van der Waals surface area contributed by atoms with E-state index in [0.29, 0.717) is 5.69 Å². The third-order valence-corrected chi connectivity index (χ3v) is 2.93. The number of rotatable bonds is 5. The standard InChI is InChI=1S/C15H14F2N2O3/c1-9-5-6-18-8-11(9)19-14(20)10-3-4-12(22-15(16)17)13(7-10)21-2/h3-8,15H,1-2H3,(H,19,20). The Hall–Kier alpha value is -2.70. The lowest BCUT2D eigenvalue weighted by Crippen LogP contribution is -2.13. The number of nitrogens with one attached hydrogen (secondary N) is 1. The van der Waals surface area contributed by atoms with Crippen molar-refractivity contribution in [3.63, 3.8) is 0 Å². The van der Waals surface area contributed by atoms with Gasteiger partial charge >= 0.3 is 6.61 Å². The van der Waals surface area contributed by atoms with E-state index in [2.05, 4.69) is 15.0 Å². The molecule has 0 radical (unpaired) electrons. The Kier molecular flexibility index (Phi) is 4.88. The number of carbonyl (C=O) groups is 1. The molecular formula is C15H14F2N2O3. The Bertz CT molecular complexity index is 678. The lowest BCUT2D eigenvalue weighted by atomic mass is 10.1. The first kappa shape index (κ1) is 15.7. The van der Waals surface area contributed by atoms with Crippen molar-refractivity contribution in [2.24, 2.45) is 0 Å². The van der Waals surface area contributed by atoms with Crippen LogP contribution in [0, 0.1) is 6.92 Å². The molecule has 1 aromatic heterocycles. The molecule has 0 unspecified atom stereocenters. The number of methoxy groups -OCH3 is 1. The lowest BCUT2D eigenvalue weighted by Gasteiger charge is -2.12. The Morgan fingerprint density at radius 1 is 1.27 bits per heavy atom. The average Bonchev–Trinajstić information content (AvgIpc) is 2.49. The highest BCUT2D eigenvalue weighted by atomic mass is 19.3. The summed E-state index contributed by atoms with van der Waals surface area (Å²) in [5.41, 5.74) is 1.68. The average molecular weight is 308 g/mol. The molecule has 0 fully saturated rings. The van der Waals surface area contributed by atoms with Crippen LogP contribution < -0.4 is 14.8 Å². The van der Waals surface area contributed by atoms with E-state index in [1.165, 1.54) is 31.5 Å². The molecule has 0 atom stereocenters. The van der Waals surface area contributed by atoms with E-state index >= 15 is 0 Å². The summed E-state index contributed by atoms with van der Waals surface area (Å²) < 4.78 is 33.8. The minimum Gasteiger partial charge on any atom is -0.493 e. The van der Waals surface area contributed by atoms with Gasteiger partial charge in [0.1, 0.15) is 0 Å². The number of alkyl halides is 2. The van der Waals surface area contributed by atoms with Crippen LogP contribution in [-0.2, 0) is 0 Å². The molecule has 0 aliphatic carbocycles. The van der Waals surface area contributed by atoms with Gasteiger partial charge in [-0.05, 0) is 36.8 Å². The molecule has 0 aliphatic heterocycles. The van der Waals surface area contributed by atoms with Gasteiger partial charge in [0.15, 0.2) is 11.5 Å². The number of ether oxygens (including phenoxy) is 2. The summed E-state index contributed by atoms with van der Waals surface area (Å²) in [5.74, 6) is -0.486. The number of carbonyl (C=O) groups excluding carboxylic acids is 1. The number of amides is 1. The van der Waals surface area contributed by atoms with Gasteiger partial charge in [-0.3, -0.25) is 9.78 Å². The number of halogens is 2. The van der Waals surface area contributed by atoms with Crippen LogP contribution >= 0.6 is 0 Å². The molecule has 1 aromatic carbocycles. The largest absolute Gasteiger partial charge is 0.493 e. The van der Waals surface area contributed by atoms with Crippen LogP contribution in [0.1, 0.15) is 15.9 Å². The van der Waals surface area contributed by atoms with Crippen LogP contribution in [0.4, 0.5) is 14.5 Å². The van der Waals surface area contributed by atoms with E-state index in [1.807, 2.05) is 6.92 Å². The van der Waals surface area contributed by atoms with Crippen LogP contribution in [0.3, 0.4) is 0 Å². The Morgan fingerprint density at radius 2 is 2.05 bits per heavy atom. The topological polar surface area (TPSA) is 60.5 Å². The molecule has 7 heteroatoms. The number of hydrogen-bond acceptors (Lipinski definition) is 4. The third-order valence-electron chi connectivity index (χ3n) is 2.93. The van der Waals surface area contributed by atoms with Crippen molar-refractivity contribution in [2.75, 3.05) is 12.4 Å². The van der Waals surface area contributed by atoms with Gasteiger partial charge in [0, 0.05) is 11.8 Å². The fourth-order valence-electron chi connectivity index (χ4n) is 1.79. The second-order valence-corrected chi connectivity index (χ2v) is 4.39. The zero-order valence-electron chi connectivity index (χ0n) is 12.0. The first-order valence-corrected chi connectivity index (χ1v) is 6.36. The van der Waals surface area contributed by atoms with E-state index in [4.69, 9.17) is 4.74 Å². The molecule has 2 rings (SSSR count). The first-order chi connectivity index (χ1) is 10.5. The highest BCUT2D eigenvalue weighted by Crippen LogP contribution is 2.29. The molecule has 2 aromatic rings. The number of aryl methyl sites for hydroxylation is 1. The van der Waals surface area contributed by atoms with Gasteiger partial charge in [0.25, 0.3) is 5.91 Å². The Labute approximate surface area is 125 Å².